The van der Waals surface area contributed by atoms with Crippen molar-refractivity contribution in [1.29, 1.82) is 0 Å². The first-order chi connectivity index (χ1) is 10.4. The van der Waals surface area contributed by atoms with Crippen molar-refractivity contribution in [1.82, 2.24) is 5.32 Å². The van der Waals surface area contributed by atoms with Crippen LogP contribution in [-0.4, -0.2) is 18.7 Å². The van der Waals surface area contributed by atoms with Crippen molar-refractivity contribution in [2.75, 3.05) is 7.05 Å². The van der Waals surface area contributed by atoms with Crippen LogP contribution in [0.5, 0.6) is 0 Å². The zero-order valence-electron chi connectivity index (χ0n) is 15.3. The molecule has 0 saturated heterocycles. The van der Waals surface area contributed by atoms with E-state index in [0.717, 1.165) is 12.8 Å². The summed E-state index contributed by atoms with van der Waals surface area (Å²) in [5.41, 5.74) is -0.125. The van der Waals surface area contributed by atoms with Gasteiger partial charge in [0.15, 0.2) is 5.72 Å². The summed E-state index contributed by atoms with van der Waals surface area (Å²) >= 11 is 0. The van der Waals surface area contributed by atoms with Crippen LogP contribution in [0.15, 0.2) is 12.2 Å². The number of hydrogen-bond acceptors (Lipinski definition) is 3. The molecule has 0 heterocycles. The van der Waals surface area contributed by atoms with Gasteiger partial charge in [0.1, 0.15) is 0 Å². The van der Waals surface area contributed by atoms with E-state index in [1.165, 1.54) is 57.8 Å². The monoisotopic (exact) mass is 311 g/mol. The molecule has 22 heavy (non-hydrogen) atoms. The molecule has 1 unspecified atom stereocenters. The van der Waals surface area contributed by atoms with E-state index in [9.17, 15) is 4.79 Å². The van der Waals surface area contributed by atoms with Gasteiger partial charge in [0.25, 0.3) is 0 Å². The minimum atomic E-state index is -0.573. The minimum Gasteiger partial charge on any atom is -0.441 e. The summed E-state index contributed by atoms with van der Waals surface area (Å²) in [5, 5.41) is 3.11. The molecule has 3 nitrogen and oxygen atoms in total. The summed E-state index contributed by atoms with van der Waals surface area (Å²) < 4.78 is 5.48. The van der Waals surface area contributed by atoms with Gasteiger partial charge in [-0.3, -0.25) is 5.32 Å². The number of carbonyl (C=O) groups excluding carboxylic acids is 1. The number of hydrogen-bond donors (Lipinski definition) is 1. The predicted octanol–water partition coefficient (Wildman–Crippen LogP) is 5.35. The van der Waals surface area contributed by atoms with E-state index >= 15 is 0 Å². The van der Waals surface area contributed by atoms with Crippen LogP contribution in [0.1, 0.15) is 91.4 Å². The number of carbonyl (C=O) groups is 1. The molecule has 0 amide bonds. The van der Waals surface area contributed by atoms with Gasteiger partial charge in [-0.05, 0) is 27.3 Å². The largest absolute Gasteiger partial charge is 0.441 e. The Labute approximate surface area is 137 Å². The molecule has 1 atom stereocenters. The predicted molar refractivity (Wildman–Crippen MR) is 94.8 cm³/mol. The Morgan fingerprint density at radius 3 is 1.86 bits per heavy atom. The highest BCUT2D eigenvalue weighted by Gasteiger charge is 2.26. The van der Waals surface area contributed by atoms with E-state index in [0.29, 0.717) is 5.57 Å². The SMILES string of the molecule is C=C(C)C(=O)OC(C)(CCCCCCCCCCCC)NC. The lowest BCUT2D eigenvalue weighted by atomic mass is 10.0. The normalized spacial score (nSPS) is 13.6. The molecule has 1 N–H and O–H groups in total. The lowest BCUT2D eigenvalue weighted by molar-refractivity contribution is -0.156. The Morgan fingerprint density at radius 1 is 1.00 bits per heavy atom. The fraction of sp³-hybridized carbons (Fsp3) is 0.842. The van der Waals surface area contributed by atoms with Crippen LogP contribution in [0, 0.1) is 0 Å². The average Bonchev–Trinajstić information content (AvgIpc) is 2.49. The number of esters is 1. The topological polar surface area (TPSA) is 38.3 Å². The maximum absolute atomic E-state index is 11.6. The van der Waals surface area contributed by atoms with Crippen molar-refractivity contribution in [3.63, 3.8) is 0 Å². The molecular weight excluding hydrogens is 274 g/mol. The highest BCUT2D eigenvalue weighted by Crippen LogP contribution is 2.19. The average molecular weight is 312 g/mol. The second-order valence-electron chi connectivity index (χ2n) is 6.58. The lowest BCUT2D eigenvalue weighted by Gasteiger charge is -2.29. The molecule has 0 aromatic heterocycles. The molecule has 0 bridgehead atoms. The maximum Gasteiger partial charge on any atom is 0.334 e. The number of ether oxygens (including phenoxy) is 1. The third kappa shape index (κ3) is 10.8. The second-order valence-corrected chi connectivity index (χ2v) is 6.58. The van der Waals surface area contributed by atoms with E-state index in [-0.39, 0.29) is 5.97 Å². The van der Waals surface area contributed by atoms with Gasteiger partial charge in [-0.25, -0.2) is 4.79 Å². The Hall–Kier alpha value is -0.830. The molecule has 0 aromatic rings. The molecule has 0 radical (unpaired) electrons. The van der Waals surface area contributed by atoms with E-state index in [1.807, 2.05) is 14.0 Å². The molecule has 0 fully saturated rings. The number of unbranched alkanes of at least 4 members (excludes halogenated alkanes) is 9. The first kappa shape index (κ1) is 21.2. The fourth-order valence-electron chi connectivity index (χ4n) is 2.47. The summed E-state index contributed by atoms with van der Waals surface area (Å²) in [6.07, 6.45) is 14.0. The Bertz CT molecular complexity index is 315. The summed E-state index contributed by atoms with van der Waals surface area (Å²) in [7, 11) is 1.84. The van der Waals surface area contributed by atoms with Crippen LogP contribution >= 0.6 is 0 Å². The quantitative estimate of drug-likeness (QED) is 0.203. The number of rotatable bonds is 14. The maximum atomic E-state index is 11.6. The van der Waals surface area contributed by atoms with Crippen molar-refractivity contribution in [2.24, 2.45) is 0 Å². The van der Waals surface area contributed by atoms with Crippen LogP contribution in [0.4, 0.5) is 0 Å². The van der Waals surface area contributed by atoms with Crippen LogP contribution in [-0.2, 0) is 9.53 Å². The molecule has 0 aliphatic rings. The van der Waals surface area contributed by atoms with E-state index in [1.54, 1.807) is 6.92 Å². The number of nitrogens with one attached hydrogen (secondary N) is 1. The molecule has 130 valence electrons. The molecule has 0 spiro atoms. The molecular formula is C19H37NO2. The van der Waals surface area contributed by atoms with Gasteiger partial charge in [0.05, 0.1) is 0 Å². The third-order valence-corrected chi connectivity index (χ3v) is 4.20. The molecule has 0 aliphatic carbocycles. The molecule has 0 aromatic carbocycles. The van der Waals surface area contributed by atoms with E-state index in [2.05, 4.69) is 18.8 Å². The minimum absolute atomic E-state index is 0.316. The second kappa shape index (κ2) is 12.7. The van der Waals surface area contributed by atoms with Gasteiger partial charge in [0, 0.05) is 12.0 Å². The van der Waals surface area contributed by atoms with E-state index in [4.69, 9.17) is 4.74 Å². The van der Waals surface area contributed by atoms with Gasteiger partial charge in [0.2, 0.25) is 0 Å². The van der Waals surface area contributed by atoms with Gasteiger partial charge in [-0.15, -0.1) is 0 Å². The Morgan fingerprint density at radius 2 is 1.45 bits per heavy atom. The first-order valence-corrected chi connectivity index (χ1v) is 9.03. The van der Waals surface area contributed by atoms with Gasteiger partial charge >= 0.3 is 5.97 Å². The smallest absolute Gasteiger partial charge is 0.334 e. The van der Waals surface area contributed by atoms with Crippen molar-refractivity contribution in [3.8, 4) is 0 Å². The van der Waals surface area contributed by atoms with Crippen LogP contribution in [0.25, 0.3) is 0 Å². The van der Waals surface area contributed by atoms with Crippen molar-refractivity contribution >= 4 is 5.97 Å². The van der Waals surface area contributed by atoms with Gasteiger partial charge in [-0.1, -0.05) is 71.3 Å². The zero-order valence-corrected chi connectivity index (χ0v) is 15.3. The summed E-state index contributed by atoms with van der Waals surface area (Å²) in [6.45, 7) is 9.50. The summed E-state index contributed by atoms with van der Waals surface area (Å²) in [4.78, 5) is 11.6. The van der Waals surface area contributed by atoms with Crippen molar-refractivity contribution in [3.05, 3.63) is 12.2 Å². The summed E-state index contributed by atoms with van der Waals surface area (Å²) in [5.74, 6) is -0.316. The van der Waals surface area contributed by atoms with Gasteiger partial charge < -0.3 is 4.74 Å². The van der Waals surface area contributed by atoms with Crippen LogP contribution < -0.4 is 5.32 Å². The van der Waals surface area contributed by atoms with Crippen LogP contribution in [0.3, 0.4) is 0 Å². The van der Waals surface area contributed by atoms with Gasteiger partial charge in [-0.2, -0.15) is 0 Å². The molecule has 0 aliphatic heterocycles. The van der Waals surface area contributed by atoms with Crippen molar-refractivity contribution < 1.29 is 9.53 Å². The van der Waals surface area contributed by atoms with Crippen molar-refractivity contribution in [2.45, 2.75) is 97.1 Å². The van der Waals surface area contributed by atoms with E-state index < -0.39 is 5.72 Å². The highest BCUT2D eigenvalue weighted by atomic mass is 16.6. The summed E-state index contributed by atoms with van der Waals surface area (Å²) in [6, 6.07) is 0. The molecule has 0 rings (SSSR count). The first-order valence-electron chi connectivity index (χ1n) is 9.03. The zero-order chi connectivity index (χ0) is 16.8. The Kier molecular flexibility index (Phi) is 12.2. The fourth-order valence-corrected chi connectivity index (χ4v) is 2.47. The lowest BCUT2D eigenvalue weighted by Crippen LogP contribution is -2.44. The molecule has 3 heteroatoms. The van der Waals surface area contributed by atoms with Crippen LogP contribution in [0.2, 0.25) is 0 Å². The molecule has 0 saturated carbocycles. The highest BCUT2D eigenvalue weighted by molar-refractivity contribution is 5.87. The standard InChI is InChI=1S/C19H37NO2/c1-6-7-8-9-10-11-12-13-14-15-16-19(4,20-5)22-18(21)17(2)3/h20H,2,6-16H2,1,3-5H3. The third-order valence-electron chi connectivity index (χ3n) is 4.20. The Balaban J connectivity index is 3.66.